The lowest BCUT2D eigenvalue weighted by Crippen LogP contribution is -2.27. The number of carbonyl (C=O) groups is 2. The van der Waals surface area contributed by atoms with Gasteiger partial charge in [0.05, 0.1) is 5.56 Å². The van der Waals surface area contributed by atoms with E-state index in [1.807, 2.05) is 6.92 Å². The van der Waals surface area contributed by atoms with E-state index in [2.05, 4.69) is 5.32 Å². The average molecular weight is 331 g/mol. The predicted octanol–water partition coefficient (Wildman–Crippen LogP) is 3.57. The van der Waals surface area contributed by atoms with E-state index in [4.69, 9.17) is 5.11 Å². The third-order valence-electron chi connectivity index (χ3n) is 3.46. The SMILES string of the molecule is CC(CNC(=O)CCCCC(=O)O)c1ccc(C(F)(F)F)cc1. The van der Waals surface area contributed by atoms with E-state index in [-0.39, 0.29) is 24.7 Å². The summed E-state index contributed by atoms with van der Waals surface area (Å²) in [6, 6.07) is 4.87. The molecule has 1 unspecified atom stereocenters. The Balaban J connectivity index is 2.37. The van der Waals surface area contributed by atoms with Gasteiger partial charge in [-0.05, 0) is 36.5 Å². The summed E-state index contributed by atoms with van der Waals surface area (Å²) in [5.41, 5.74) is 0.0140. The van der Waals surface area contributed by atoms with Crippen molar-refractivity contribution in [3.05, 3.63) is 35.4 Å². The van der Waals surface area contributed by atoms with Crippen LogP contribution in [-0.4, -0.2) is 23.5 Å². The van der Waals surface area contributed by atoms with Gasteiger partial charge in [0.15, 0.2) is 0 Å². The first-order chi connectivity index (χ1) is 10.7. The maximum absolute atomic E-state index is 12.5. The molecule has 128 valence electrons. The van der Waals surface area contributed by atoms with E-state index >= 15 is 0 Å². The summed E-state index contributed by atoms with van der Waals surface area (Å²) in [6.45, 7) is 2.14. The van der Waals surface area contributed by atoms with Gasteiger partial charge in [0.1, 0.15) is 0 Å². The van der Waals surface area contributed by atoms with Crippen molar-refractivity contribution in [2.45, 2.75) is 44.7 Å². The largest absolute Gasteiger partial charge is 0.481 e. The number of halogens is 3. The Morgan fingerprint density at radius 3 is 2.22 bits per heavy atom. The molecule has 2 N–H and O–H groups in total. The lowest BCUT2D eigenvalue weighted by molar-refractivity contribution is -0.138. The van der Waals surface area contributed by atoms with E-state index in [0.29, 0.717) is 24.9 Å². The van der Waals surface area contributed by atoms with Crippen molar-refractivity contribution in [3.8, 4) is 0 Å². The van der Waals surface area contributed by atoms with Gasteiger partial charge < -0.3 is 10.4 Å². The highest BCUT2D eigenvalue weighted by molar-refractivity contribution is 5.76. The Bertz CT molecular complexity index is 526. The minimum Gasteiger partial charge on any atom is -0.481 e. The summed E-state index contributed by atoms with van der Waals surface area (Å²) in [7, 11) is 0. The lowest BCUT2D eigenvalue weighted by atomic mass is 9.99. The van der Waals surface area contributed by atoms with Crippen molar-refractivity contribution in [2.24, 2.45) is 0 Å². The number of nitrogens with one attached hydrogen (secondary N) is 1. The molecule has 1 amide bonds. The first kappa shape index (κ1) is 19.0. The maximum Gasteiger partial charge on any atom is 0.416 e. The van der Waals surface area contributed by atoms with E-state index < -0.39 is 17.7 Å². The third kappa shape index (κ3) is 7.17. The summed E-state index contributed by atoms with van der Waals surface area (Å²) >= 11 is 0. The fraction of sp³-hybridized carbons (Fsp3) is 0.500. The quantitative estimate of drug-likeness (QED) is 0.716. The minimum atomic E-state index is -4.36. The van der Waals surface area contributed by atoms with Gasteiger partial charge in [0.25, 0.3) is 0 Å². The zero-order valence-corrected chi connectivity index (χ0v) is 12.8. The molecule has 1 rings (SSSR count). The fourth-order valence-electron chi connectivity index (χ4n) is 2.04. The van der Waals surface area contributed by atoms with Crippen molar-refractivity contribution in [3.63, 3.8) is 0 Å². The van der Waals surface area contributed by atoms with Crippen LogP contribution in [0, 0.1) is 0 Å². The molecule has 0 heterocycles. The summed E-state index contributed by atoms with van der Waals surface area (Å²) in [5, 5.41) is 11.2. The number of alkyl halides is 3. The second kappa shape index (κ2) is 8.55. The van der Waals surface area contributed by atoms with Gasteiger partial charge in [-0.3, -0.25) is 9.59 Å². The molecule has 0 aliphatic rings. The number of aliphatic carboxylic acids is 1. The second-order valence-corrected chi connectivity index (χ2v) is 5.43. The van der Waals surface area contributed by atoms with Crippen LogP contribution in [0.3, 0.4) is 0 Å². The van der Waals surface area contributed by atoms with Gasteiger partial charge in [0, 0.05) is 19.4 Å². The standard InChI is InChI=1S/C16H20F3NO3/c1-11(10-20-14(21)4-2-3-5-15(22)23)12-6-8-13(9-7-12)16(17,18)19/h6-9,11H,2-5,10H2,1H3,(H,20,21)(H,22,23). The van der Waals surface area contributed by atoms with Crippen LogP contribution in [0.25, 0.3) is 0 Å². The minimum absolute atomic E-state index is 0.0369. The molecular weight excluding hydrogens is 311 g/mol. The monoisotopic (exact) mass is 331 g/mol. The van der Waals surface area contributed by atoms with E-state index in [0.717, 1.165) is 12.1 Å². The molecule has 23 heavy (non-hydrogen) atoms. The average Bonchev–Trinajstić information content (AvgIpc) is 2.48. The Hall–Kier alpha value is -2.05. The van der Waals surface area contributed by atoms with E-state index in [9.17, 15) is 22.8 Å². The maximum atomic E-state index is 12.5. The fourth-order valence-corrected chi connectivity index (χ4v) is 2.04. The van der Waals surface area contributed by atoms with Crippen LogP contribution in [0.1, 0.15) is 49.7 Å². The number of rotatable bonds is 8. The molecule has 0 saturated carbocycles. The van der Waals surface area contributed by atoms with Crippen molar-refractivity contribution in [1.29, 1.82) is 0 Å². The summed E-state index contributed by atoms with van der Waals surface area (Å²) in [5.74, 6) is -1.18. The van der Waals surface area contributed by atoms with Crippen molar-refractivity contribution < 1.29 is 27.9 Å². The Kier molecular flexibility index (Phi) is 7.06. The highest BCUT2D eigenvalue weighted by Crippen LogP contribution is 2.30. The number of carboxylic acid groups (broad SMARTS) is 1. The normalized spacial score (nSPS) is 12.7. The van der Waals surface area contributed by atoms with Gasteiger partial charge >= 0.3 is 12.1 Å². The molecule has 0 aliphatic heterocycles. The molecular formula is C16H20F3NO3. The van der Waals surface area contributed by atoms with Crippen LogP contribution in [-0.2, 0) is 15.8 Å². The van der Waals surface area contributed by atoms with Crippen LogP contribution in [0.2, 0.25) is 0 Å². The number of hydrogen-bond donors (Lipinski definition) is 2. The highest BCUT2D eigenvalue weighted by Gasteiger charge is 2.30. The van der Waals surface area contributed by atoms with Crippen molar-refractivity contribution in [1.82, 2.24) is 5.32 Å². The second-order valence-electron chi connectivity index (χ2n) is 5.43. The number of hydrogen-bond acceptors (Lipinski definition) is 2. The lowest BCUT2D eigenvalue weighted by Gasteiger charge is -2.14. The zero-order valence-electron chi connectivity index (χ0n) is 12.8. The molecule has 0 fully saturated rings. The number of unbranched alkanes of at least 4 members (excludes halogenated alkanes) is 1. The van der Waals surface area contributed by atoms with Gasteiger partial charge in [-0.2, -0.15) is 13.2 Å². The topological polar surface area (TPSA) is 66.4 Å². The molecule has 7 heteroatoms. The van der Waals surface area contributed by atoms with Gasteiger partial charge in [0.2, 0.25) is 5.91 Å². The molecule has 0 aliphatic carbocycles. The van der Waals surface area contributed by atoms with Crippen LogP contribution in [0.4, 0.5) is 13.2 Å². The first-order valence-electron chi connectivity index (χ1n) is 7.36. The summed E-state index contributed by atoms with van der Waals surface area (Å²) < 4.78 is 37.4. The van der Waals surface area contributed by atoms with Gasteiger partial charge in [-0.25, -0.2) is 0 Å². The zero-order chi connectivity index (χ0) is 17.5. The Morgan fingerprint density at radius 2 is 1.70 bits per heavy atom. The molecule has 0 radical (unpaired) electrons. The highest BCUT2D eigenvalue weighted by atomic mass is 19.4. The Morgan fingerprint density at radius 1 is 1.13 bits per heavy atom. The molecule has 4 nitrogen and oxygen atoms in total. The number of benzene rings is 1. The molecule has 0 aromatic heterocycles. The summed E-state index contributed by atoms with van der Waals surface area (Å²) in [4.78, 5) is 21.9. The number of carbonyl (C=O) groups excluding carboxylic acids is 1. The van der Waals surface area contributed by atoms with Crippen LogP contribution >= 0.6 is 0 Å². The number of amides is 1. The third-order valence-corrected chi connectivity index (χ3v) is 3.46. The van der Waals surface area contributed by atoms with Gasteiger partial charge in [-0.15, -0.1) is 0 Å². The summed E-state index contributed by atoms with van der Waals surface area (Å²) in [6.07, 6.45) is -3.14. The first-order valence-corrected chi connectivity index (χ1v) is 7.36. The molecule has 0 bridgehead atoms. The van der Waals surface area contributed by atoms with Crippen LogP contribution in [0.15, 0.2) is 24.3 Å². The van der Waals surface area contributed by atoms with Crippen LogP contribution < -0.4 is 5.32 Å². The van der Waals surface area contributed by atoms with E-state index in [1.54, 1.807) is 0 Å². The van der Waals surface area contributed by atoms with E-state index in [1.165, 1.54) is 12.1 Å². The molecule has 0 saturated heterocycles. The van der Waals surface area contributed by atoms with Crippen molar-refractivity contribution >= 4 is 11.9 Å². The van der Waals surface area contributed by atoms with Crippen molar-refractivity contribution in [2.75, 3.05) is 6.54 Å². The molecule has 1 atom stereocenters. The molecule has 1 aromatic carbocycles. The molecule has 1 aromatic rings. The van der Waals surface area contributed by atoms with Gasteiger partial charge in [-0.1, -0.05) is 19.1 Å². The Labute approximate surface area is 132 Å². The van der Waals surface area contributed by atoms with Crippen LogP contribution in [0.5, 0.6) is 0 Å². The number of carboxylic acids is 1. The molecule has 0 spiro atoms. The predicted molar refractivity (Wildman–Crippen MR) is 79.0 cm³/mol. The smallest absolute Gasteiger partial charge is 0.416 e.